The van der Waals surface area contributed by atoms with Gasteiger partial charge in [-0.05, 0) is 40.0 Å². The van der Waals surface area contributed by atoms with E-state index in [1.54, 1.807) is 0 Å². The van der Waals surface area contributed by atoms with E-state index in [1.807, 2.05) is 6.07 Å². The van der Waals surface area contributed by atoms with Gasteiger partial charge < -0.3 is 5.11 Å². The van der Waals surface area contributed by atoms with Crippen LogP contribution in [0.5, 0.6) is 5.75 Å². The lowest BCUT2D eigenvalue weighted by Crippen LogP contribution is -2.23. The summed E-state index contributed by atoms with van der Waals surface area (Å²) >= 11 is 0. The molecule has 0 atom stereocenters. The van der Waals surface area contributed by atoms with E-state index in [1.165, 1.54) is 11.1 Å². The summed E-state index contributed by atoms with van der Waals surface area (Å²) in [5.74, 6) is 0.436. The van der Waals surface area contributed by atoms with Crippen molar-refractivity contribution in [2.45, 2.75) is 65.7 Å². The van der Waals surface area contributed by atoms with Crippen LogP contribution in [0.3, 0.4) is 0 Å². The highest BCUT2D eigenvalue weighted by Gasteiger charge is 2.28. The summed E-state index contributed by atoms with van der Waals surface area (Å²) in [7, 11) is 0. The van der Waals surface area contributed by atoms with Crippen molar-refractivity contribution in [3.8, 4) is 5.75 Å². The first-order valence-electron chi connectivity index (χ1n) is 6.44. The van der Waals surface area contributed by atoms with Gasteiger partial charge in [0.1, 0.15) is 5.75 Å². The molecule has 0 aliphatic carbocycles. The Balaban J connectivity index is 3.64. The number of benzene rings is 1. The Hall–Kier alpha value is -0.980. The van der Waals surface area contributed by atoms with Gasteiger partial charge in [-0.1, -0.05) is 54.5 Å². The lowest BCUT2D eigenvalue weighted by molar-refractivity contribution is 0.457. The van der Waals surface area contributed by atoms with Gasteiger partial charge in [0, 0.05) is 0 Å². The quantitative estimate of drug-likeness (QED) is 0.756. The molecule has 1 heteroatoms. The fourth-order valence-electron chi connectivity index (χ4n) is 2.48. The van der Waals surface area contributed by atoms with Crippen molar-refractivity contribution in [3.63, 3.8) is 0 Å². The molecule has 0 spiro atoms. The number of rotatable bonds is 1. The van der Waals surface area contributed by atoms with Gasteiger partial charge >= 0.3 is 0 Å². The van der Waals surface area contributed by atoms with Crippen molar-refractivity contribution in [1.29, 1.82) is 0 Å². The molecule has 0 radical (unpaired) electrons. The molecule has 0 bridgehead atoms. The molecule has 0 saturated heterocycles. The van der Waals surface area contributed by atoms with Gasteiger partial charge in [0.25, 0.3) is 0 Å². The molecule has 1 N–H and O–H groups in total. The zero-order chi connectivity index (χ0) is 13.4. The van der Waals surface area contributed by atoms with Gasteiger partial charge in [-0.25, -0.2) is 0 Å². The molecule has 1 aromatic rings. The smallest absolute Gasteiger partial charge is 0.119 e. The van der Waals surface area contributed by atoms with Crippen LogP contribution in [0.2, 0.25) is 0 Å². The molecule has 0 fully saturated rings. The van der Waals surface area contributed by atoms with Crippen LogP contribution in [0.1, 0.15) is 65.2 Å². The van der Waals surface area contributed by atoms with Gasteiger partial charge in [-0.2, -0.15) is 0 Å². The molecular formula is C16H26O. The largest absolute Gasteiger partial charge is 0.508 e. The van der Waals surface area contributed by atoms with E-state index in [0.29, 0.717) is 5.75 Å². The molecule has 0 saturated carbocycles. The van der Waals surface area contributed by atoms with Gasteiger partial charge in [0.05, 0.1) is 0 Å². The summed E-state index contributed by atoms with van der Waals surface area (Å²) in [5, 5.41) is 10.0. The molecule has 0 amide bonds. The SMILES string of the molecule is CCc1c(O)ccc(C(C)(C)C)c1C(C)(C)C. The van der Waals surface area contributed by atoms with Gasteiger partial charge in [0.2, 0.25) is 0 Å². The van der Waals surface area contributed by atoms with Gasteiger partial charge in [-0.3, -0.25) is 0 Å². The van der Waals surface area contributed by atoms with Crippen molar-refractivity contribution in [1.82, 2.24) is 0 Å². The van der Waals surface area contributed by atoms with E-state index in [9.17, 15) is 5.11 Å². The van der Waals surface area contributed by atoms with E-state index in [4.69, 9.17) is 0 Å². The van der Waals surface area contributed by atoms with Crippen LogP contribution < -0.4 is 0 Å². The molecule has 0 aliphatic rings. The molecule has 0 aromatic heterocycles. The Morgan fingerprint density at radius 1 is 0.941 bits per heavy atom. The van der Waals surface area contributed by atoms with Crippen LogP contribution in [0.4, 0.5) is 0 Å². The second-order valence-electron chi connectivity index (χ2n) is 6.84. The molecule has 0 aliphatic heterocycles. The summed E-state index contributed by atoms with van der Waals surface area (Å²) in [5.41, 5.74) is 3.93. The van der Waals surface area contributed by atoms with E-state index >= 15 is 0 Å². The lowest BCUT2D eigenvalue weighted by atomic mass is 9.72. The van der Waals surface area contributed by atoms with Crippen molar-refractivity contribution in [2.24, 2.45) is 0 Å². The summed E-state index contributed by atoms with van der Waals surface area (Å²) in [6.45, 7) is 15.5. The third-order valence-corrected chi connectivity index (χ3v) is 3.20. The average molecular weight is 234 g/mol. The molecule has 0 heterocycles. The minimum absolute atomic E-state index is 0.0622. The van der Waals surface area contributed by atoms with Gasteiger partial charge in [0.15, 0.2) is 0 Å². The summed E-state index contributed by atoms with van der Waals surface area (Å²) < 4.78 is 0. The Kier molecular flexibility index (Phi) is 3.61. The van der Waals surface area contributed by atoms with Crippen molar-refractivity contribution >= 4 is 0 Å². The Morgan fingerprint density at radius 3 is 1.82 bits per heavy atom. The Labute approximate surface area is 106 Å². The summed E-state index contributed by atoms with van der Waals surface area (Å²) in [6.07, 6.45) is 0.877. The summed E-state index contributed by atoms with van der Waals surface area (Å²) in [6, 6.07) is 3.92. The second kappa shape index (κ2) is 4.36. The standard InChI is InChI=1S/C16H26O/c1-8-11-13(17)10-9-12(15(2,3)4)14(11)16(5,6)7/h9-10,17H,8H2,1-7H3. The number of aromatic hydroxyl groups is 1. The molecule has 1 aromatic carbocycles. The molecule has 96 valence electrons. The summed E-state index contributed by atoms with van der Waals surface area (Å²) in [4.78, 5) is 0. The minimum Gasteiger partial charge on any atom is -0.508 e. The molecule has 0 unspecified atom stereocenters. The van der Waals surface area contributed by atoms with E-state index in [-0.39, 0.29) is 10.8 Å². The topological polar surface area (TPSA) is 20.2 Å². The van der Waals surface area contributed by atoms with Crippen LogP contribution in [0.15, 0.2) is 12.1 Å². The highest BCUT2D eigenvalue weighted by atomic mass is 16.3. The maximum absolute atomic E-state index is 10.0. The average Bonchev–Trinajstić information content (AvgIpc) is 2.13. The Bertz CT molecular complexity index is 403. The van der Waals surface area contributed by atoms with Crippen LogP contribution >= 0.6 is 0 Å². The van der Waals surface area contributed by atoms with Crippen LogP contribution in [-0.4, -0.2) is 5.11 Å². The first-order chi connectivity index (χ1) is 7.59. The van der Waals surface area contributed by atoms with Crippen LogP contribution in [0, 0.1) is 0 Å². The van der Waals surface area contributed by atoms with Crippen molar-refractivity contribution < 1.29 is 5.11 Å². The number of hydrogen-bond acceptors (Lipinski definition) is 1. The molecule has 1 rings (SSSR count). The normalized spacial score (nSPS) is 12.9. The fraction of sp³-hybridized carbons (Fsp3) is 0.625. The molecule has 17 heavy (non-hydrogen) atoms. The van der Waals surface area contributed by atoms with Crippen molar-refractivity contribution in [2.75, 3.05) is 0 Å². The van der Waals surface area contributed by atoms with E-state index < -0.39 is 0 Å². The van der Waals surface area contributed by atoms with Crippen LogP contribution in [0.25, 0.3) is 0 Å². The predicted molar refractivity (Wildman–Crippen MR) is 74.9 cm³/mol. The highest BCUT2D eigenvalue weighted by Crippen LogP contribution is 2.39. The third-order valence-electron chi connectivity index (χ3n) is 3.20. The number of hydrogen-bond donors (Lipinski definition) is 1. The maximum Gasteiger partial charge on any atom is 0.119 e. The number of phenolic OH excluding ortho intramolecular Hbond substituents is 1. The second-order valence-corrected chi connectivity index (χ2v) is 6.84. The maximum atomic E-state index is 10.0. The van der Waals surface area contributed by atoms with E-state index in [0.717, 1.165) is 12.0 Å². The van der Waals surface area contributed by atoms with Crippen LogP contribution in [-0.2, 0) is 17.3 Å². The Morgan fingerprint density at radius 2 is 1.47 bits per heavy atom. The van der Waals surface area contributed by atoms with E-state index in [2.05, 4.69) is 54.5 Å². The first kappa shape index (κ1) is 14.1. The third kappa shape index (κ3) is 2.83. The van der Waals surface area contributed by atoms with Crippen molar-refractivity contribution in [3.05, 3.63) is 28.8 Å². The zero-order valence-corrected chi connectivity index (χ0v) is 12.3. The predicted octanol–water partition coefficient (Wildman–Crippen LogP) is 4.55. The molecule has 1 nitrogen and oxygen atoms in total. The monoisotopic (exact) mass is 234 g/mol. The lowest BCUT2D eigenvalue weighted by Gasteiger charge is -2.32. The highest BCUT2D eigenvalue weighted by molar-refractivity contribution is 5.50. The minimum atomic E-state index is 0.0622. The van der Waals surface area contributed by atoms with Gasteiger partial charge in [-0.15, -0.1) is 0 Å². The first-order valence-corrected chi connectivity index (χ1v) is 6.44. The number of phenols is 1. The zero-order valence-electron chi connectivity index (χ0n) is 12.3. The molecular weight excluding hydrogens is 208 g/mol. The fourth-order valence-corrected chi connectivity index (χ4v) is 2.48.